The van der Waals surface area contributed by atoms with Crippen molar-refractivity contribution in [1.29, 1.82) is 0 Å². The van der Waals surface area contributed by atoms with Crippen molar-refractivity contribution in [3.05, 3.63) is 36.5 Å². The van der Waals surface area contributed by atoms with E-state index in [1.54, 1.807) is 12.2 Å². The summed E-state index contributed by atoms with van der Waals surface area (Å²) in [5.41, 5.74) is 0. The van der Waals surface area contributed by atoms with Crippen LogP contribution >= 0.6 is 0 Å². The van der Waals surface area contributed by atoms with Crippen LogP contribution in [0.5, 0.6) is 0 Å². The molecule has 0 rings (SSSR count). The second kappa shape index (κ2) is 14.8. The minimum Gasteiger partial charge on any atom is -0.481 e. The van der Waals surface area contributed by atoms with E-state index in [0.717, 1.165) is 44.9 Å². The molecule has 0 aromatic heterocycles. The summed E-state index contributed by atoms with van der Waals surface area (Å²) in [5, 5.41) is 8.48. The largest absolute Gasteiger partial charge is 0.481 e. The van der Waals surface area contributed by atoms with Crippen molar-refractivity contribution in [3.63, 3.8) is 0 Å². The van der Waals surface area contributed by atoms with Crippen LogP contribution in [0.3, 0.4) is 0 Å². The lowest BCUT2D eigenvalue weighted by Crippen LogP contribution is -1.93. The van der Waals surface area contributed by atoms with Gasteiger partial charge in [-0.2, -0.15) is 0 Å². The average Bonchev–Trinajstić information content (AvgIpc) is 2.44. The van der Waals surface area contributed by atoms with Crippen molar-refractivity contribution >= 4 is 11.8 Å². The maximum atomic E-state index is 11.4. The van der Waals surface area contributed by atoms with Gasteiger partial charge in [-0.15, -0.1) is 0 Å². The van der Waals surface area contributed by atoms with E-state index in [-0.39, 0.29) is 12.2 Å². The Morgan fingerprint density at radius 3 is 2.29 bits per heavy atom. The van der Waals surface area contributed by atoms with Gasteiger partial charge < -0.3 is 5.11 Å². The molecule has 0 amide bonds. The first-order chi connectivity index (χ1) is 10.2. The smallest absolute Gasteiger partial charge is 0.303 e. The number of aliphatic carboxylic acids is 1. The van der Waals surface area contributed by atoms with E-state index in [4.69, 9.17) is 5.11 Å². The van der Waals surface area contributed by atoms with Crippen LogP contribution in [-0.4, -0.2) is 16.9 Å². The summed E-state index contributed by atoms with van der Waals surface area (Å²) in [4.78, 5) is 21.7. The third-order valence-corrected chi connectivity index (χ3v) is 3.04. The molecule has 3 nitrogen and oxygen atoms in total. The lowest BCUT2D eigenvalue weighted by Gasteiger charge is -1.94. The van der Waals surface area contributed by atoms with Gasteiger partial charge in [0.05, 0.1) is 0 Å². The maximum Gasteiger partial charge on any atom is 0.303 e. The molecule has 0 saturated carbocycles. The van der Waals surface area contributed by atoms with Crippen LogP contribution in [0.15, 0.2) is 36.5 Å². The van der Waals surface area contributed by atoms with Gasteiger partial charge in [0.2, 0.25) is 0 Å². The monoisotopic (exact) mass is 292 g/mol. The summed E-state index contributed by atoms with van der Waals surface area (Å²) in [6.07, 6.45) is 19.0. The number of carboxylic acids is 1. The van der Waals surface area contributed by atoms with Crippen LogP contribution in [0.2, 0.25) is 0 Å². The van der Waals surface area contributed by atoms with Crippen LogP contribution in [0.25, 0.3) is 0 Å². The number of carbonyl (C=O) groups excluding carboxylic acids is 1. The summed E-state index contributed by atoms with van der Waals surface area (Å²) in [5.74, 6) is -0.528. The highest BCUT2D eigenvalue weighted by Crippen LogP contribution is 2.03. The summed E-state index contributed by atoms with van der Waals surface area (Å²) in [6, 6.07) is 0. The van der Waals surface area contributed by atoms with Gasteiger partial charge in [0, 0.05) is 12.8 Å². The number of hydrogen-bond acceptors (Lipinski definition) is 2. The highest BCUT2D eigenvalue weighted by Gasteiger charge is 1.95. The van der Waals surface area contributed by atoms with E-state index in [9.17, 15) is 9.59 Å². The number of hydrogen-bond donors (Lipinski definition) is 1. The molecule has 0 spiro atoms. The Hall–Kier alpha value is -1.64. The first-order valence-electron chi connectivity index (χ1n) is 7.91. The van der Waals surface area contributed by atoms with Crippen LogP contribution in [-0.2, 0) is 9.59 Å². The zero-order valence-electron chi connectivity index (χ0n) is 13.1. The molecule has 0 aliphatic heterocycles. The number of unbranched alkanes of at least 4 members (excludes halogenated alkanes) is 5. The van der Waals surface area contributed by atoms with Crippen molar-refractivity contribution in [3.8, 4) is 0 Å². The fourth-order valence-corrected chi connectivity index (χ4v) is 1.81. The fourth-order valence-electron chi connectivity index (χ4n) is 1.81. The molecule has 0 atom stereocenters. The molecule has 0 fully saturated rings. The van der Waals surface area contributed by atoms with Gasteiger partial charge >= 0.3 is 5.97 Å². The summed E-state index contributed by atoms with van der Waals surface area (Å²) < 4.78 is 0. The van der Waals surface area contributed by atoms with E-state index in [1.165, 1.54) is 0 Å². The van der Waals surface area contributed by atoms with E-state index in [2.05, 4.69) is 13.0 Å². The van der Waals surface area contributed by atoms with Gasteiger partial charge in [0.25, 0.3) is 0 Å². The Labute approximate surface area is 128 Å². The molecule has 3 heteroatoms. The Bertz CT molecular complexity index is 365. The molecule has 0 aromatic carbocycles. The number of ketones is 1. The van der Waals surface area contributed by atoms with E-state index < -0.39 is 5.97 Å². The first kappa shape index (κ1) is 19.4. The van der Waals surface area contributed by atoms with E-state index in [1.807, 2.05) is 18.2 Å². The van der Waals surface area contributed by atoms with Crippen LogP contribution in [0, 0.1) is 0 Å². The molecule has 118 valence electrons. The highest BCUT2D eigenvalue weighted by molar-refractivity contribution is 5.89. The summed E-state index contributed by atoms with van der Waals surface area (Å²) in [6.45, 7) is 2.13. The Kier molecular flexibility index (Phi) is 13.6. The standard InChI is InChI=1S/C18H28O3/c1-2-3-11-14-17(19)15-12-9-7-5-4-6-8-10-13-16-18(20)21/h4-5,7,9,12,15H,2-3,6,8,10-11,13-14,16H2,1H3,(H,20,21). The molecule has 1 N–H and O–H groups in total. The fraction of sp³-hybridized carbons (Fsp3) is 0.556. The van der Waals surface area contributed by atoms with Gasteiger partial charge in [-0.05, 0) is 31.8 Å². The summed E-state index contributed by atoms with van der Waals surface area (Å²) >= 11 is 0. The molecule has 0 saturated heterocycles. The van der Waals surface area contributed by atoms with E-state index >= 15 is 0 Å². The number of allylic oxidation sites excluding steroid dienone is 6. The molecule has 21 heavy (non-hydrogen) atoms. The van der Waals surface area contributed by atoms with Crippen molar-refractivity contribution < 1.29 is 14.7 Å². The van der Waals surface area contributed by atoms with Crippen molar-refractivity contribution in [2.45, 2.75) is 64.7 Å². The minimum atomic E-state index is -0.718. The molecule has 0 unspecified atom stereocenters. The summed E-state index contributed by atoms with van der Waals surface area (Å²) in [7, 11) is 0. The Balaban J connectivity index is 3.55. The zero-order valence-corrected chi connectivity index (χ0v) is 13.1. The van der Waals surface area contributed by atoms with Crippen molar-refractivity contribution in [2.75, 3.05) is 0 Å². The zero-order chi connectivity index (χ0) is 15.8. The SMILES string of the molecule is CCCCCC(=O)C=CC=CC=CCCCCCC(=O)O. The van der Waals surface area contributed by atoms with Gasteiger partial charge in [0.15, 0.2) is 5.78 Å². The van der Waals surface area contributed by atoms with Gasteiger partial charge in [0.1, 0.15) is 0 Å². The first-order valence-corrected chi connectivity index (χ1v) is 7.91. The molecule has 0 aromatic rings. The number of rotatable bonds is 13. The quantitative estimate of drug-likeness (QED) is 0.300. The van der Waals surface area contributed by atoms with Crippen LogP contribution in [0.4, 0.5) is 0 Å². The molecular weight excluding hydrogens is 264 g/mol. The van der Waals surface area contributed by atoms with Gasteiger partial charge in [-0.25, -0.2) is 0 Å². The second-order valence-electron chi connectivity index (χ2n) is 5.09. The average molecular weight is 292 g/mol. The van der Waals surface area contributed by atoms with Gasteiger partial charge in [-0.1, -0.05) is 56.6 Å². The minimum absolute atomic E-state index is 0.190. The predicted octanol–water partition coefficient (Wildman–Crippen LogP) is 4.84. The normalized spacial score (nSPS) is 11.9. The highest BCUT2D eigenvalue weighted by atomic mass is 16.4. The Morgan fingerprint density at radius 1 is 0.857 bits per heavy atom. The third kappa shape index (κ3) is 16.3. The topological polar surface area (TPSA) is 54.4 Å². The second-order valence-corrected chi connectivity index (χ2v) is 5.09. The van der Waals surface area contributed by atoms with Gasteiger partial charge in [-0.3, -0.25) is 9.59 Å². The molecular formula is C18H28O3. The Morgan fingerprint density at radius 2 is 1.57 bits per heavy atom. The van der Waals surface area contributed by atoms with Crippen molar-refractivity contribution in [2.24, 2.45) is 0 Å². The molecule has 0 aliphatic rings. The van der Waals surface area contributed by atoms with Crippen LogP contribution in [0.1, 0.15) is 64.7 Å². The van der Waals surface area contributed by atoms with Crippen molar-refractivity contribution in [1.82, 2.24) is 0 Å². The molecule has 0 aliphatic carbocycles. The molecule has 0 bridgehead atoms. The predicted molar refractivity (Wildman–Crippen MR) is 87.3 cm³/mol. The lowest BCUT2D eigenvalue weighted by molar-refractivity contribution is -0.137. The maximum absolute atomic E-state index is 11.4. The molecule has 0 radical (unpaired) electrons. The third-order valence-electron chi connectivity index (χ3n) is 3.04. The van der Waals surface area contributed by atoms with Crippen LogP contribution < -0.4 is 0 Å². The molecule has 0 heterocycles. The number of carboxylic acid groups (broad SMARTS) is 1. The lowest BCUT2D eigenvalue weighted by atomic mass is 10.1. The van der Waals surface area contributed by atoms with E-state index in [0.29, 0.717) is 6.42 Å². The number of carbonyl (C=O) groups is 2.